The van der Waals surface area contributed by atoms with E-state index >= 15 is 0 Å². The van der Waals surface area contributed by atoms with Crippen LogP contribution in [0.2, 0.25) is 0 Å². The molecule has 6 rings (SSSR count). The van der Waals surface area contributed by atoms with E-state index in [0.717, 1.165) is 83.6 Å². The number of likely N-dealkylation sites (N-methyl/N-ethyl adjacent to an activating group) is 1. The van der Waals surface area contributed by atoms with Gasteiger partial charge in [-0.2, -0.15) is 0 Å². The molecule has 2 aliphatic rings. The van der Waals surface area contributed by atoms with Gasteiger partial charge in [0.05, 0.1) is 42.2 Å². The minimum atomic E-state index is -0.457. The fourth-order valence-electron chi connectivity index (χ4n) is 5.24. The number of ether oxygens (including phenoxy) is 3. The third-order valence-electron chi connectivity index (χ3n) is 7.81. The molecule has 3 aromatic carbocycles. The Labute approximate surface area is 256 Å². The van der Waals surface area contributed by atoms with Crippen molar-refractivity contribution < 1.29 is 14.2 Å². The third kappa shape index (κ3) is 7.56. The Morgan fingerprint density at radius 3 is 2.44 bits per heavy atom. The van der Waals surface area contributed by atoms with Crippen molar-refractivity contribution >= 4 is 39.0 Å². The summed E-state index contributed by atoms with van der Waals surface area (Å²) in [7, 11) is 1.73. The number of fused-ring (bicyclic) bond motifs is 2. The highest BCUT2D eigenvalue weighted by Gasteiger charge is 2.18. The summed E-state index contributed by atoms with van der Waals surface area (Å²) in [6, 6.07) is 21.0. The van der Waals surface area contributed by atoms with Gasteiger partial charge in [-0.3, -0.25) is 0 Å². The molecule has 0 amide bonds. The predicted molar refractivity (Wildman–Crippen MR) is 176 cm³/mol. The molecule has 0 spiro atoms. The maximum atomic E-state index is 5.85. The SMILES string of the molecule is CCCCCOCCOCCOc1ccc(S2=Nc3ccc(-c4nc5ccc(N6CCN(C)CC6)cc5[nH]4)cc3N2)cc1. The zero-order valence-electron chi connectivity index (χ0n) is 25.2. The van der Waals surface area contributed by atoms with E-state index in [-0.39, 0.29) is 0 Å². The molecular formula is C33H42N6O3S. The van der Waals surface area contributed by atoms with E-state index in [1.54, 1.807) is 0 Å². The molecule has 1 fully saturated rings. The Bertz CT molecular complexity index is 1530. The number of hydrogen-bond acceptors (Lipinski definition) is 8. The Morgan fingerprint density at radius 1 is 0.837 bits per heavy atom. The molecule has 1 aromatic heterocycles. The van der Waals surface area contributed by atoms with E-state index in [1.165, 1.54) is 18.5 Å². The van der Waals surface area contributed by atoms with Crippen LogP contribution in [0.15, 0.2) is 69.9 Å². The van der Waals surface area contributed by atoms with Gasteiger partial charge in [-0.1, -0.05) is 19.8 Å². The van der Waals surface area contributed by atoms with Crippen molar-refractivity contribution in [2.75, 3.05) is 75.9 Å². The molecular weight excluding hydrogens is 560 g/mol. The average Bonchev–Trinajstić information content (AvgIpc) is 3.66. The maximum Gasteiger partial charge on any atom is 0.138 e. The van der Waals surface area contributed by atoms with Crippen molar-refractivity contribution in [2.24, 2.45) is 4.36 Å². The van der Waals surface area contributed by atoms with Gasteiger partial charge >= 0.3 is 0 Å². The number of benzene rings is 3. The highest BCUT2D eigenvalue weighted by Crippen LogP contribution is 2.37. The van der Waals surface area contributed by atoms with Crippen LogP contribution in [-0.4, -0.2) is 81.1 Å². The van der Waals surface area contributed by atoms with Gasteiger partial charge in [-0.05, 0) is 74.1 Å². The molecule has 0 aliphatic carbocycles. The molecule has 0 bridgehead atoms. The van der Waals surface area contributed by atoms with E-state index in [1.807, 2.05) is 12.1 Å². The molecule has 3 heterocycles. The molecule has 1 unspecified atom stereocenters. The quantitative estimate of drug-likeness (QED) is 0.161. The molecule has 1 saturated heterocycles. The third-order valence-corrected chi connectivity index (χ3v) is 9.32. The lowest BCUT2D eigenvalue weighted by molar-refractivity contribution is 0.0353. The number of imidazole rings is 1. The van der Waals surface area contributed by atoms with Crippen molar-refractivity contribution in [1.82, 2.24) is 14.9 Å². The number of aromatic nitrogens is 2. The normalized spacial score (nSPS) is 16.7. The Kier molecular flexibility index (Phi) is 9.89. The number of piperazine rings is 1. The van der Waals surface area contributed by atoms with Gasteiger partial charge in [-0.15, -0.1) is 0 Å². The van der Waals surface area contributed by atoms with Gasteiger partial charge in [0.25, 0.3) is 0 Å². The number of anilines is 2. The van der Waals surface area contributed by atoms with E-state index < -0.39 is 10.9 Å². The molecule has 4 aromatic rings. The van der Waals surface area contributed by atoms with Gasteiger partial charge < -0.3 is 33.7 Å². The van der Waals surface area contributed by atoms with Crippen LogP contribution < -0.4 is 14.4 Å². The van der Waals surface area contributed by atoms with Gasteiger partial charge in [-0.25, -0.2) is 9.35 Å². The molecule has 228 valence electrons. The van der Waals surface area contributed by atoms with Crippen molar-refractivity contribution in [3.05, 3.63) is 60.7 Å². The Balaban J connectivity index is 1.00. The molecule has 43 heavy (non-hydrogen) atoms. The van der Waals surface area contributed by atoms with E-state index in [9.17, 15) is 0 Å². The first kappa shape index (κ1) is 29.6. The van der Waals surface area contributed by atoms with Crippen LogP contribution in [0.1, 0.15) is 26.2 Å². The minimum Gasteiger partial charge on any atom is -0.491 e. The highest BCUT2D eigenvalue weighted by atomic mass is 32.2. The lowest BCUT2D eigenvalue weighted by atomic mass is 10.1. The summed E-state index contributed by atoms with van der Waals surface area (Å²) in [6.45, 7) is 9.57. The van der Waals surface area contributed by atoms with E-state index in [0.29, 0.717) is 26.4 Å². The molecule has 2 N–H and O–H groups in total. The number of nitrogens with one attached hydrogen (secondary N) is 2. The van der Waals surface area contributed by atoms with Crippen LogP contribution in [0.5, 0.6) is 5.75 Å². The summed E-state index contributed by atoms with van der Waals surface area (Å²) in [4.78, 5) is 14.4. The Hall–Kier alpha value is -3.44. The number of H-pyrrole nitrogens is 1. The lowest BCUT2D eigenvalue weighted by Gasteiger charge is -2.34. The molecule has 1 atom stereocenters. The van der Waals surface area contributed by atoms with Crippen LogP contribution in [0, 0.1) is 0 Å². The van der Waals surface area contributed by atoms with Crippen LogP contribution in [-0.2, 0) is 20.4 Å². The summed E-state index contributed by atoms with van der Waals surface area (Å²) in [5.41, 5.74) is 6.31. The number of unbranched alkanes of at least 4 members (excludes halogenated alkanes) is 2. The van der Waals surface area contributed by atoms with Gasteiger partial charge in [0.2, 0.25) is 0 Å². The summed E-state index contributed by atoms with van der Waals surface area (Å²) in [5.74, 6) is 1.69. The van der Waals surface area contributed by atoms with Crippen molar-refractivity contribution in [3.8, 4) is 17.1 Å². The zero-order chi connectivity index (χ0) is 29.4. The standard InChI is InChI=1S/C33H42N6O3S/c1-3-4-5-18-40-19-20-41-21-22-42-27-8-10-28(11-9-27)43-36-30-12-6-25(23-32(30)37-43)33-34-29-13-7-26(24-31(29)35-33)39-16-14-38(2)15-17-39/h6-13,23-24H,3-5,14-22H2,1-2H3,(H,34,35)(H,36,37). The molecule has 0 radical (unpaired) electrons. The molecule has 9 nitrogen and oxygen atoms in total. The lowest BCUT2D eigenvalue weighted by Crippen LogP contribution is -2.44. The zero-order valence-corrected chi connectivity index (χ0v) is 26.0. The summed E-state index contributed by atoms with van der Waals surface area (Å²) < 4.78 is 25.6. The first-order valence-corrected chi connectivity index (χ1v) is 16.5. The first-order valence-electron chi connectivity index (χ1n) is 15.3. The second kappa shape index (κ2) is 14.4. The van der Waals surface area contributed by atoms with Crippen LogP contribution in [0.25, 0.3) is 22.4 Å². The topological polar surface area (TPSA) is 87.2 Å². The number of hydrogen-bond donors (Lipinski definition) is 2. The van der Waals surface area contributed by atoms with Gasteiger partial charge in [0.15, 0.2) is 0 Å². The van der Waals surface area contributed by atoms with Crippen LogP contribution in [0.4, 0.5) is 17.1 Å². The van der Waals surface area contributed by atoms with Crippen molar-refractivity contribution in [2.45, 2.75) is 31.1 Å². The summed E-state index contributed by atoms with van der Waals surface area (Å²) >= 11 is 0. The van der Waals surface area contributed by atoms with Crippen LogP contribution >= 0.6 is 0 Å². The maximum absolute atomic E-state index is 5.85. The average molecular weight is 603 g/mol. The predicted octanol–water partition coefficient (Wildman–Crippen LogP) is 6.42. The van der Waals surface area contributed by atoms with Crippen molar-refractivity contribution in [1.29, 1.82) is 0 Å². The van der Waals surface area contributed by atoms with Crippen LogP contribution in [0.3, 0.4) is 0 Å². The number of nitrogens with zero attached hydrogens (tertiary/aromatic N) is 4. The Morgan fingerprint density at radius 2 is 1.63 bits per heavy atom. The largest absolute Gasteiger partial charge is 0.491 e. The molecule has 0 saturated carbocycles. The number of aromatic amines is 1. The fourth-order valence-corrected chi connectivity index (χ4v) is 6.63. The van der Waals surface area contributed by atoms with Gasteiger partial charge in [0, 0.05) is 59.8 Å². The second-order valence-corrected chi connectivity index (χ2v) is 12.5. The van der Waals surface area contributed by atoms with Crippen molar-refractivity contribution in [3.63, 3.8) is 0 Å². The first-order chi connectivity index (χ1) is 21.2. The van der Waals surface area contributed by atoms with E-state index in [2.05, 4.69) is 82.0 Å². The van der Waals surface area contributed by atoms with E-state index in [4.69, 9.17) is 23.6 Å². The van der Waals surface area contributed by atoms with Gasteiger partial charge in [0.1, 0.15) is 18.2 Å². The fraction of sp³-hybridized carbons (Fsp3) is 0.424. The summed E-state index contributed by atoms with van der Waals surface area (Å²) in [6.07, 6.45) is 3.55. The smallest absolute Gasteiger partial charge is 0.138 e. The number of rotatable bonds is 14. The second-order valence-electron chi connectivity index (χ2n) is 11.0. The summed E-state index contributed by atoms with van der Waals surface area (Å²) in [5, 5.41) is 0. The monoisotopic (exact) mass is 602 g/mol. The minimum absolute atomic E-state index is 0.457. The highest BCUT2D eigenvalue weighted by molar-refractivity contribution is 7.89. The molecule has 2 aliphatic heterocycles. The molecule has 10 heteroatoms.